The maximum atomic E-state index is 12.0. The van der Waals surface area contributed by atoms with Crippen LogP contribution in [0.3, 0.4) is 0 Å². The minimum atomic E-state index is -0.174. The van der Waals surface area contributed by atoms with Crippen LogP contribution in [0.25, 0.3) is 0 Å². The normalized spacial score (nSPS) is 12.2. The number of carbonyl (C=O) groups is 1. The molecule has 1 aromatic heterocycles. The van der Waals surface area contributed by atoms with Gasteiger partial charge in [0, 0.05) is 0 Å². The zero-order valence-electron chi connectivity index (χ0n) is 12.5. The molecule has 2 rings (SSSR count). The standard InChI is InChI=1S/C14H15Cl2N3O2S2/c1-8(9-3-4-10(15)11(16)5-9)17-12(20)6-23-14-19-18-13(21-14)7-22-2/h3-5,8H,6-7H2,1-2H3,(H,17,20). The summed E-state index contributed by atoms with van der Waals surface area (Å²) in [5.74, 6) is 1.29. The third kappa shape index (κ3) is 5.60. The van der Waals surface area contributed by atoms with Gasteiger partial charge in [0.25, 0.3) is 5.22 Å². The number of aromatic nitrogens is 2. The van der Waals surface area contributed by atoms with Gasteiger partial charge in [0.05, 0.1) is 27.6 Å². The van der Waals surface area contributed by atoms with Crippen LogP contribution in [0, 0.1) is 0 Å². The van der Waals surface area contributed by atoms with Crippen molar-refractivity contribution in [3.05, 3.63) is 39.7 Å². The van der Waals surface area contributed by atoms with Crippen molar-refractivity contribution < 1.29 is 9.21 Å². The fraction of sp³-hybridized carbons (Fsp3) is 0.357. The monoisotopic (exact) mass is 391 g/mol. The molecule has 2 aromatic rings. The number of rotatable bonds is 7. The Bertz CT molecular complexity index is 682. The number of halogens is 2. The first-order valence-corrected chi connectivity index (χ1v) is 9.81. The third-order valence-corrected chi connectivity index (χ3v) is 4.96. The van der Waals surface area contributed by atoms with Gasteiger partial charge >= 0.3 is 0 Å². The Balaban J connectivity index is 1.84. The van der Waals surface area contributed by atoms with Crippen LogP contribution in [-0.2, 0) is 10.5 Å². The van der Waals surface area contributed by atoms with Crippen LogP contribution < -0.4 is 5.32 Å². The Kier molecular flexibility index (Phi) is 7.08. The van der Waals surface area contributed by atoms with Crippen molar-refractivity contribution >= 4 is 52.6 Å². The fourth-order valence-electron chi connectivity index (χ4n) is 1.75. The largest absolute Gasteiger partial charge is 0.415 e. The molecule has 23 heavy (non-hydrogen) atoms. The third-order valence-electron chi connectivity index (χ3n) is 2.86. The summed E-state index contributed by atoms with van der Waals surface area (Å²) < 4.78 is 5.40. The first-order valence-electron chi connectivity index (χ1n) is 6.68. The highest BCUT2D eigenvalue weighted by atomic mass is 35.5. The quantitative estimate of drug-likeness (QED) is 0.712. The highest BCUT2D eigenvalue weighted by Gasteiger charge is 2.13. The molecule has 1 amide bonds. The summed E-state index contributed by atoms with van der Waals surface area (Å²) in [5.41, 5.74) is 0.887. The Morgan fingerprint density at radius 1 is 1.35 bits per heavy atom. The van der Waals surface area contributed by atoms with Crippen molar-refractivity contribution in [3.8, 4) is 0 Å². The zero-order valence-corrected chi connectivity index (χ0v) is 15.7. The van der Waals surface area contributed by atoms with E-state index in [1.165, 1.54) is 11.8 Å². The van der Waals surface area contributed by atoms with E-state index in [1.807, 2.05) is 19.2 Å². The van der Waals surface area contributed by atoms with E-state index in [0.29, 0.717) is 26.9 Å². The fourth-order valence-corrected chi connectivity index (χ4v) is 3.02. The minimum absolute atomic E-state index is 0.127. The number of carbonyl (C=O) groups excluding carboxylic acids is 1. The summed E-state index contributed by atoms with van der Waals surface area (Å²) in [4.78, 5) is 12.0. The molecule has 0 spiro atoms. The zero-order chi connectivity index (χ0) is 16.8. The number of thioether (sulfide) groups is 2. The van der Waals surface area contributed by atoms with Crippen LogP contribution in [0.1, 0.15) is 24.4 Å². The van der Waals surface area contributed by atoms with Crippen LogP contribution in [0.2, 0.25) is 10.0 Å². The van der Waals surface area contributed by atoms with Gasteiger partial charge in [0.15, 0.2) is 0 Å². The molecule has 1 atom stereocenters. The molecule has 0 aliphatic heterocycles. The van der Waals surface area contributed by atoms with Crippen LogP contribution in [-0.4, -0.2) is 28.1 Å². The molecule has 0 saturated carbocycles. The number of amides is 1. The summed E-state index contributed by atoms with van der Waals surface area (Å²) in [7, 11) is 0. The molecule has 124 valence electrons. The molecule has 0 saturated heterocycles. The van der Waals surface area contributed by atoms with E-state index >= 15 is 0 Å². The van der Waals surface area contributed by atoms with Crippen molar-refractivity contribution in [2.75, 3.05) is 12.0 Å². The smallest absolute Gasteiger partial charge is 0.277 e. The predicted molar refractivity (Wildman–Crippen MR) is 95.3 cm³/mol. The van der Waals surface area contributed by atoms with E-state index in [2.05, 4.69) is 15.5 Å². The van der Waals surface area contributed by atoms with Gasteiger partial charge in [-0.15, -0.1) is 10.2 Å². The van der Waals surface area contributed by atoms with Gasteiger partial charge in [0.2, 0.25) is 11.8 Å². The Labute approximate surface area is 152 Å². The van der Waals surface area contributed by atoms with E-state index in [9.17, 15) is 4.79 Å². The maximum absolute atomic E-state index is 12.0. The summed E-state index contributed by atoms with van der Waals surface area (Å²) in [6.07, 6.45) is 1.95. The van der Waals surface area contributed by atoms with Crippen LogP contribution in [0.4, 0.5) is 0 Å². The first kappa shape index (κ1) is 18.4. The van der Waals surface area contributed by atoms with E-state index < -0.39 is 0 Å². The molecule has 5 nitrogen and oxygen atoms in total. The van der Waals surface area contributed by atoms with Gasteiger partial charge in [-0.3, -0.25) is 4.79 Å². The average molecular weight is 392 g/mol. The van der Waals surface area contributed by atoms with E-state index in [0.717, 1.165) is 5.56 Å². The Morgan fingerprint density at radius 3 is 2.83 bits per heavy atom. The van der Waals surface area contributed by atoms with Crippen molar-refractivity contribution in [3.63, 3.8) is 0 Å². The number of nitrogens with one attached hydrogen (secondary N) is 1. The van der Waals surface area contributed by atoms with Gasteiger partial charge < -0.3 is 9.73 Å². The molecule has 1 N–H and O–H groups in total. The lowest BCUT2D eigenvalue weighted by atomic mass is 10.1. The second kappa shape index (κ2) is 8.82. The van der Waals surface area contributed by atoms with Gasteiger partial charge in [-0.25, -0.2) is 0 Å². The Morgan fingerprint density at radius 2 is 2.13 bits per heavy atom. The first-order chi connectivity index (χ1) is 11.0. The molecular formula is C14H15Cl2N3O2S2. The topological polar surface area (TPSA) is 68.0 Å². The highest BCUT2D eigenvalue weighted by molar-refractivity contribution is 7.99. The molecular weight excluding hydrogens is 377 g/mol. The Hall–Kier alpha value is -0.890. The average Bonchev–Trinajstić information content (AvgIpc) is 2.96. The summed E-state index contributed by atoms with van der Waals surface area (Å²) in [5, 5.41) is 12.0. The van der Waals surface area contributed by atoms with E-state index in [-0.39, 0.29) is 17.7 Å². The molecule has 0 fully saturated rings. The lowest BCUT2D eigenvalue weighted by Crippen LogP contribution is -2.28. The lowest BCUT2D eigenvalue weighted by Gasteiger charge is -2.14. The molecule has 0 aliphatic rings. The number of hydrogen-bond acceptors (Lipinski definition) is 6. The molecule has 0 radical (unpaired) electrons. The molecule has 9 heteroatoms. The van der Waals surface area contributed by atoms with Crippen molar-refractivity contribution in [1.29, 1.82) is 0 Å². The molecule has 1 heterocycles. The molecule has 0 bridgehead atoms. The minimum Gasteiger partial charge on any atom is -0.415 e. The second-order valence-electron chi connectivity index (χ2n) is 4.65. The summed E-state index contributed by atoms with van der Waals surface area (Å²) >= 11 is 14.7. The lowest BCUT2D eigenvalue weighted by molar-refractivity contribution is -0.119. The van der Waals surface area contributed by atoms with E-state index in [4.69, 9.17) is 27.6 Å². The van der Waals surface area contributed by atoms with Gasteiger partial charge in [0.1, 0.15) is 0 Å². The van der Waals surface area contributed by atoms with Crippen molar-refractivity contribution in [2.45, 2.75) is 23.9 Å². The summed E-state index contributed by atoms with van der Waals surface area (Å²) in [6.45, 7) is 1.88. The van der Waals surface area contributed by atoms with Gasteiger partial charge in [-0.2, -0.15) is 11.8 Å². The van der Waals surface area contributed by atoms with Crippen molar-refractivity contribution in [2.24, 2.45) is 0 Å². The number of hydrogen-bond donors (Lipinski definition) is 1. The predicted octanol–water partition coefficient (Wildman–Crippen LogP) is 4.21. The van der Waals surface area contributed by atoms with Crippen LogP contribution in [0.5, 0.6) is 0 Å². The maximum Gasteiger partial charge on any atom is 0.277 e. The second-order valence-corrected chi connectivity index (χ2v) is 7.25. The van der Waals surface area contributed by atoms with Crippen LogP contribution >= 0.6 is 46.7 Å². The van der Waals surface area contributed by atoms with Gasteiger partial charge in [-0.1, -0.05) is 41.0 Å². The van der Waals surface area contributed by atoms with Crippen LogP contribution in [0.15, 0.2) is 27.8 Å². The van der Waals surface area contributed by atoms with E-state index in [1.54, 1.807) is 23.9 Å². The molecule has 1 aromatic carbocycles. The number of benzene rings is 1. The SMILES string of the molecule is CSCc1nnc(SCC(=O)NC(C)c2ccc(Cl)c(Cl)c2)o1. The summed E-state index contributed by atoms with van der Waals surface area (Å²) in [6, 6.07) is 5.11. The van der Waals surface area contributed by atoms with Crippen molar-refractivity contribution in [1.82, 2.24) is 15.5 Å². The molecule has 1 unspecified atom stereocenters. The molecule has 0 aliphatic carbocycles. The number of nitrogens with zero attached hydrogens (tertiary/aromatic N) is 2. The highest BCUT2D eigenvalue weighted by Crippen LogP contribution is 2.25. The van der Waals surface area contributed by atoms with Gasteiger partial charge in [-0.05, 0) is 30.9 Å².